The Bertz CT molecular complexity index is 1080. The van der Waals surface area contributed by atoms with Gasteiger partial charge in [-0.15, -0.1) is 0 Å². The highest BCUT2D eigenvalue weighted by molar-refractivity contribution is 6.07. The Balaban J connectivity index is 1.54. The lowest BCUT2D eigenvalue weighted by atomic mass is 10.1. The Kier molecular flexibility index (Phi) is 4.92. The van der Waals surface area contributed by atoms with Crippen LogP contribution in [0, 0.1) is 18.3 Å². The zero-order valence-corrected chi connectivity index (χ0v) is 16.0. The van der Waals surface area contributed by atoms with E-state index in [1.807, 2.05) is 17.0 Å². The van der Waals surface area contributed by atoms with Crippen molar-refractivity contribution in [2.45, 2.75) is 19.8 Å². The molecule has 1 fully saturated rings. The molecule has 0 spiro atoms. The van der Waals surface area contributed by atoms with Crippen molar-refractivity contribution in [2.24, 2.45) is 0 Å². The normalized spacial score (nSPS) is 13.3. The van der Waals surface area contributed by atoms with Crippen LogP contribution in [0.1, 0.15) is 44.9 Å². The molecule has 29 heavy (non-hydrogen) atoms. The second-order valence-corrected chi connectivity index (χ2v) is 6.95. The second kappa shape index (κ2) is 7.68. The summed E-state index contributed by atoms with van der Waals surface area (Å²) >= 11 is 0. The number of benzene rings is 1. The Labute approximate surface area is 168 Å². The maximum atomic E-state index is 12.8. The number of anilines is 1. The zero-order chi connectivity index (χ0) is 20.4. The van der Waals surface area contributed by atoms with Gasteiger partial charge < -0.3 is 14.6 Å². The van der Waals surface area contributed by atoms with Gasteiger partial charge in [0, 0.05) is 36.7 Å². The predicted octanol–water partition coefficient (Wildman–Crippen LogP) is 3.74. The van der Waals surface area contributed by atoms with Crippen LogP contribution in [-0.4, -0.2) is 34.4 Å². The van der Waals surface area contributed by atoms with Gasteiger partial charge in [-0.1, -0.05) is 0 Å². The van der Waals surface area contributed by atoms with Crippen LogP contribution < -0.4 is 5.32 Å². The molecule has 146 valence electrons. The third-order valence-corrected chi connectivity index (χ3v) is 5.03. The van der Waals surface area contributed by atoms with Gasteiger partial charge in [0.25, 0.3) is 11.8 Å². The molecule has 7 nitrogen and oxygen atoms in total. The molecule has 1 aliphatic heterocycles. The van der Waals surface area contributed by atoms with E-state index in [1.165, 1.54) is 0 Å². The molecule has 0 unspecified atom stereocenters. The molecular weight excluding hydrogens is 368 g/mol. The van der Waals surface area contributed by atoms with Crippen molar-refractivity contribution in [1.82, 2.24) is 9.47 Å². The number of furan rings is 1. The summed E-state index contributed by atoms with van der Waals surface area (Å²) in [5.41, 5.74) is 1.52. The lowest BCUT2D eigenvalue weighted by molar-refractivity contribution is 0.0792. The number of hydrogen-bond donors (Lipinski definition) is 1. The van der Waals surface area contributed by atoms with E-state index in [0.29, 0.717) is 22.9 Å². The van der Waals surface area contributed by atoms with Gasteiger partial charge in [-0.25, -0.2) is 0 Å². The molecule has 4 rings (SSSR count). The summed E-state index contributed by atoms with van der Waals surface area (Å²) in [6, 6.07) is 12.5. The SMILES string of the molecule is Cc1oc(-n2cccc2)c(C#N)c1C(=O)Nc1ccc(C(=O)N2CCCC2)cc1. The van der Waals surface area contributed by atoms with Crippen LogP contribution in [0.5, 0.6) is 0 Å². The number of hydrogen-bond acceptors (Lipinski definition) is 4. The minimum absolute atomic E-state index is 0.00851. The molecule has 0 atom stereocenters. The second-order valence-electron chi connectivity index (χ2n) is 6.95. The van der Waals surface area contributed by atoms with Crippen LogP contribution in [0.2, 0.25) is 0 Å². The van der Waals surface area contributed by atoms with E-state index >= 15 is 0 Å². The third-order valence-electron chi connectivity index (χ3n) is 5.03. The molecule has 1 aliphatic rings. The third kappa shape index (κ3) is 3.52. The number of carbonyl (C=O) groups excluding carboxylic acids is 2. The van der Waals surface area contributed by atoms with Gasteiger partial charge in [-0.2, -0.15) is 5.26 Å². The number of carbonyl (C=O) groups is 2. The molecule has 0 saturated carbocycles. The monoisotopic (exact) mass is 388 g/mol. The first-order chi connectivity index (χ1) is 14.1. The first kappa shape index (κ1) is 18.6. The number of nitrogens with zero attached hydrogens (tertiary/aromatic N) is 3. The van der Waals surface area contributed by atoms with E-state index in [9.17, 15) is 14.9 Å². The first-order valence-electron chi connectivity index (χ1n) is 9.46. The quantitative estimate of drug-likeness (QED) is 0.737. The zero-order valence-electron chi connectivity index (χ0n) is 16.0. The van der Waals surface area contributed by atoms with Crippen molar-refractivity contribution in [3.8, 4) is 12.0 Å². The highest BCUT2D eigenvalue weighted by atomic mass is 16.4. The maximum absolute atomic E-state index is 12.8. The molecule has 2 aromatic heterocycles. The van der Waals surface area contributed by atoms with Crippen molar-refractivity contribution in [3.63, 3.8) is 0 Å². The number of aryl methyl sites for hydroxylation is 1. The Morgan fingerprint density at radius 1 is 1.10 bits per heavy atom. The smallest absolute Gasteiger partial charge is 0.260 e. The number of rotatable bonds is 4. The van der Waals surface area contributed by atoms with Crippen LogP contribution in [0.3, 0.4) is 0 Å². The van der Waals surface area contributed by atoms with Gasteiger partial charge in [0.2, 0.25) is 5.88 Å². The van der Waals surface area contributed by atoms with Crippen molar-refractivity contribution in [2.75, 3.05) is 18.4 Å². The summed E-state index contributed by atoms with van der Waals surface area (Å²) in [6.45, 7) is 3.23. The summed E-state index contributed by atoms with van der Waals surface area (Å²) in [4.78, 5) is 27.1. The molecule has 0 radical (unpaired) electrons. The number of nitriles is 1. The Morgan fingerprint density at radius 2 is 1.76 bits per heavy atom. The average molecular weight is 388 g/mol. The molecule has 7 heteroatoms. The lowest BCUT2D eigenvalue weighted by Gasteiger charge is -2.15. The van der Waals surface area contributed by atoms with Crippen LogP contribution in [-0.2, 0) is 0 Å². The van der Waals surface area contributed by atoms with Crippen LogP contribution in [0.25, 0.3) is 5.88 Å². The highest BCUT2D eigenvalue weighted by Gasteiger charge is 2.25. The fourth-order valence-electron chi connectivity index (χ4n) is 3.55. The summed E-state index contributed by atoms with van der Waals surface area (Å²) in [6.07, 6.45) is 5.57. The van der Waals surface area contributed by atoms with E-state index in [0.717, 1.165) is 25.9 Å². The summed E-state index contributed by atoms with van der Waals surface area (Å²) in [5, 5.41) is 12.4. The van der Waals surface area contributed by atoms with Crippen molar-refractivity contribution >= 4 is 17.5 Å². The van der Waals surface area contributed by atoms with Gasteiger partial charge >= 0.3 is 0 Å². The van der Waals surface area contributed by atoms with E-state index in [4.69, 9.17) is 4.42 Å². The summed E-state index contributed by atoms with van der Waals surface area (Å²) in [7, 11) is 0. The fourth-order valence-corrected chi connectivity index (χ4v) is 3.55. The van der Waals surface area contributed by atoms with Crippen LogP contribution in [0.15, 0.2) is 53.2 Å². The van der Waals surface area contributed by atoms with Gasteiger partial charge in [0.05, 0.1) is 0 Å². The van der Waals surface area contributed by atoms with E-state index < -0.39 is 5.91 Å². The maximum Gasteiger partial charge on any atom is 0.260 e. The molecule has 1 N–H and O–H groups in total. The van der Waals surface area contributed by atoms with Gasteiger partial charge in [0.15, 0.2) is 0 Å². The largest absolute Gasteiger partial charge is 0.443 e. The van der Waals surface area contributed by atoms with E-state index in [2.05, 4.69) is 11.4 Å². The van der Waals surface area contributed by atoms with E-state index in [1.54, 1.807) is 48.1 Å². The lowest BCUT2D eigenvalue weighted by Crippen LogP contribution is -2.27. The predicted molar refractivity (Wildman–Crippen MR) is 107 cm³/mol. The van der Waals surface area contributed by atoms with Gasteiger partial charge in [-0.3, -0.25) is 14.2 Å². The number of likely N-dealkylation sites (tertiary alicyclic amines) is 1. The topological polar surface area (TPSA) is 91.3 Å². The Hall–Kier alpha value is -3.79. The van der Waals surface area contributed by atoms with Crippen LogP contribution >= 0.6 is 0 Å². The molecule has 3 heterocycles. The molecular formula is C22H20N4O3. The Morgan fingerprint density at radius 3 is 2.38 bits per heavy atom. The average Bonchev–Trinajstić information content (AvgIpc) is 3.48. The molecule has 1 saturated heterocycles. The molecule has 1 aromatic carbocycles. The van der Waals surface area contributed by atoms with Crippen molar-refractivity contribution in [1.29, 1.82) is 5.26 Å². The minimum Gasteiger partial charge on any atom is -0.443 e. The molecule has 0 aliphatic carbocycles. The minimum atomic E-state index is -0.431. The first-order valence-corrected chi connectivity index (χ1v) is 9.46. The van der Waals surface area contributed by atoms with Gasteiger partial charge in [0.1, 0.15) is 23.0 Å². The summed E-state index contributed by atoms with van der Waals surface area (Å²) < 4.78 is 7.33. The van der Waals surface area contributed by atoms with Gasteiger partial charge in [-0.05, 0) is 56.2 Å². The van der Waals surface area contributed by atoms with Crippen molar-refractivity contribution in [3.05, 3.63) is 71.2 Å². The molecule has 2 amide bonds. The molecule has 0 bridgehead atoms. The number of nitrogens with one attached hydrogen (secondary N) is 1. The number of amides is 2. The van der Waals surface area contributed by atoms with E-state index in [-0.39, 0.29) is 17.0 Å². The molecule has 3 aromatic rings. The number of aromatic nitrogens is 1. The van der Waals surface area contributed by atoms with Crippen LogP contribution in [0.4, 0.5) is 5.69 Å². The standard InChI is InChI=1S/C22H20N4O3/c1-15-19(18(14-23)22(29-15)26-12-4-5-13-26)20(27)24-17-8-6-16(7-9-17)21(28)25-10-2-3-11-25/h4-9,12-13H,2-3,10-11H2,1H3,(H,24,27). The fraction of sp³-hybridized carbons (Fsp3) is 0.227. The summed E-state index contributed by atoms with van der Waals surface area (Å²) in [5.74, 6) is 0.254. The van der Waals surface area contributed by atoms with Crippen molar-refractivity contribution < 1.29 is 14.0 Å². The highest BCUT2D eigenvalue weighted by Crippen LogP contribution is 2.26.